The molecule has 2 bridgehead atoms. The molecule has 44 valence electrons. The molecule has 0 fully saturated rings. The van der Waals surface area contributed by atoms with Gasteiger partial charge in [0.25, 0.3) is 0 Å². The smallest absolute Gasteiger partial charge is 0.00557 e. The SMILES string of the molecule is [CH]1[CH]c2ccc(cc2)C1. The summed E-state index contributed by atoms with van der Waals surface area (Å²) in [5.74, 6) is 0. The first kappa shape index (κ1) is 5.04. The molecule has 3 rings (SSSR count). The molecule has 0 nitrogen and oxygen atoms in total. The molecule has 0 aromatic heterocycles. The van der Waals surface area contributed by atoms with Crippen LogP contribution in [0.4, 0.5) is 0 Å². The molecule has 1 aromatic carbocycles. The van der Waals surface area contributed by atoms with Gasteiger partial charge < -0.3 is 0 Å². The van der Waals surface area contributed by atoms with Gasteiger partial charge in [-0.15, -0.1) is 0 Å². The maximum Gasteiger partial charge on any atom is -0.00557 e. The molecule has 2 aliphatic rings. The molecule has 0 heteroatoms. The Kier molecular flexibility index (Phi) is 1.05. The highest BCUT2D eigenvalue weighted by atomic mass is 14.1. The Morgan fingerprint density at radius 2 is 1.78 bits per heavy atom. The van der Waals surface area contributed by atoms with Gasteiger partial charge in [0.05, 0.1) is 0 Å². The summed E-state index contributed by atoms with van der Waals surface area (Å²) in [4.78, 5) is 0. The summed E-state index contributed by atoms with van der Waals surface area (Å²) in [5, 5.41) is 0. The average Bonchev–Trinajstić information content (AvgIpc) is 2.21. The number of benzene rings is 1. The normalized spacial score (nSPS) is 15.6. The molecule has 0 atom stereocenters. The van der Waals surface area contributed by atoms with Gasteiger partial charge in [0.15, 0.2) is 0 Å². The fourth-order valence-corrected chi connectivity index (χ4v) is 1.10. The van der Waals surface area contributed by atoms with E-state index in [1.165, 1.54) is 11.1 Å². The van der Waals surface area contributed by atoms with Gasteiger partial charge in [0.1, 0.15) is 0 Å². The zero-order chi connectivity index (χ0) is 6.10. The van der Waals surface area contributed by atoms with Crippen molar-refractivity contribution in [2.75, 3.05) is 0 Å². The van der Waals surface area contributed by atoms with Gasteiger partial charge in [-0.2, -0.15) is 0 Å². The van der Waals surface area contributed by atoms with Crippen molar-refractivity contribution >= 4 is 0 Å². The van der Waals surface area contributed by atoms with E-state index in [-0.39, 0.29) is 0 Å². The van der Waals surface area contributed by atoms with E-state index in [4.69, 9.17) is 0 Å². The third-order valence-electron chi connectivity index (χ3n) is 1.64. The molecule has 0 saturated heterocycles. The maximum absolute atomic E-state index is 2.20. The summed E-state index contributed by atoms with van der Waals surface area (Å²) in [6.45, 7) is 0. The van der Waals surface area contributed by atoms with Crippen LogP contribution in [0.25, 0.3) is 0 Å². The van der Waals surface area contributed by atoms with Crippen LogP contribution in [0.15, 0.2) is 24.3 Å². The predicted octanol–water partition coefficient (Wildman–Crippen LogP) is 2.00. The molecule has 0 heterocycles. The summed E-state index contributed by atoms with van der Waals surface area (Å²) in [7, 11) is 0. The van der Waals surface area contributed by atoms with Crippen LogP contribution < -0.4 is 0 Å². The monoisotopic (exact) mass is 116 g/mol. The second-order valence-electron chi connectivity index (χ2n) is 2.35. The number of rotatable bonds is 0. The van der Waals surface area contributed by atoms with Gasteiger partial charge in [-0.05, 0) is 30.4 Å². The minimum absolute atomic E-state index is 1.09. The van der Waals surface area contributed by atoms with Gasteiger partial charge in [-0.25, -0.2) is 0 Å². The Morgan fingerprint density at radius 1 is 1.00 bits per heavy atom. The van der Waals surface area contributed by atoms with Gasteiger partial charge in [0.2, 0.25) is 0 Å². The molecule has 2 radical (unpaired) electrons. The van der Waals surface area contributed by atoms with E-state index >= 15 is 0 Å². The Labute approximate surface area is 55.5 Å². The maximum atomic E-state index is 2.20. The topological polar surface area (TPSA) is 0 Å². The second-order valence-corrected chi connectivity index (χ2v) is 2.35. The van der Waals surface area contributed by atoms with Crippen LogP contribution in [-0.4, -0.2) is 0 Å². The van der Waals surface area contributed by atoms with Gasteiger partial charge in [-0.3, -0.25) is 0 Å². The first-order chi connectivity index (χ1) is 4.45. The predicted molar refractivity (Wildman–Crippen MR) is 37.8 cm³/mol. The van der Waals surface area contributed by atoms with E-state index in [9.17, 15) is 0 Å². The van der Waals surface area contributed by atoms with E-state index in [2.05, 4.69) is 37.1 Å². The Morgan fingerprint density at radius 3 is 2.56 bits per heavy atom. The molecule has 0 N–H and O–H groups in total. The van der Waals surface area contributed by atoms with E-state index in [1.54, 1.807) is 0 Å². The molecule has 0 unspecified atom stereocenters. The van der Waals surface area contributed by atoms with Crippen LogP contribution in [0.3, 0.4) is 0 Å². The third-order valence-corrected chi connectivity index (χ3v) is 1.64. The van der Waals surface area contributed by atoms with Crippen molar-refractivity contribution in [1.82, 2.24) is 0 Å². The van der Waals surface area contributed by atoms with Crippen LogP contribution >= 0.6 is 0 Å². The quantitative estimate of drug-likeness (QED) is 0.486. The largest absolute Gasteiger partial charge is 0.0587 e. The molecule has 9 heavy (non-hydrogen) atoms. The highest BCUT2D eigenvalue weighted by molar-refractivity contribution is 5.35. The third kappa shape index (κ3) is 0.849. The van der Waals surface area contributed by atoms with Crippen molar-refractivity contribution in [3.8, 4) is 0 Å². The summed E-state index contributed by atoms with van der Waals surface area (Å²) >= 11 is 0. The summed E-state index contributed by atoms with van der Waals surface area (Å²) < 4.78 is 0. The molecule has 1 aromatic rings. The Bertz CT molecular complexity index is 173. The zero-order valence-electron chi connectivity index (χ0n) is 5.17. The number of fused-ring (bicyclic) bond motifs is 4. The molecule has 0 spiro atoms. The standard InChI is InChI=1S/C9H8/c1-2-8-4-6-9(3-1)7-5-8/h1-2,4-7H,3H2. The van der Waals surface area contributed by atoms with Crippen LogP contribution in [-0.2, 0) is 6.42 Å². The van der Waals surface area contributed by atoms with Gasteiger partial charge >= 0.3 is 0 Å². The van der Waals surface area contributed by atoms with Gasteiger partial charge in [-0.1, -0.05) is 24.3 Å². The number of hydrogen-bond acceptors (Lipinski definition) is 0. The number of hydrogen-bond donors (Lipinski definition) is 0. The average molecular weight is 116 g/mol. The van der Waals surface area contributed by atoms with Crippen molar-refractivity contribution < 1.29 is 0 Å². The van der Waals surface area contributed by atoms with Crippen molar-refractivity contribution in [3.05, 3.63) is 48.2 Å². The van der Waals surface area contributed by atoms with E-state index in [0.717, 1.165) is 6.42 Å². The van der Waals surface area contributed by atoms with E-state index < -0.39 is 0 Å². The first-order valence-corrected chi connectivity index (χ1v) is 3.21. The fourth-order valence-electron chi connectivity index (χ4n) is 1.10. The molecular formula is C9H8. The highest BCUT2D eigenvalue weighted by Crippen LogP contribution is 2.15. The molecule has 0 saturated carbocycles. The van der Waals surface area contributed by atoms with Crippen LogP contribution in [0.2, 0.25) is 0 Å². The van der Waals surface area contributed by atoms with Crippen molar-refractivity contribution in [2.24, 2.45) is 0 Å². The Hall–Kier alpha value is -0.780. The lowest BCUT2D eigenvalue weighted by molar-refractivity contribution is 1.20. The second kappa shape index (κ2) is 1.87. The van der Waals surface area contributed by atoms with E-state index in [0.29, 0.717) is 0 Å². The fraction of sp³-hybridized carbons (Fsp3) is 0.111. The Balaban J connectivity index is 2.53. The van der Waals surface area contributed by atoms with Crippen LogP contribution in [0.5, 0.6) is 0 Å². The summed E-state index contributed by atoms with van der Waals surface area (Å²) in [6, 6.07) is 8.66. The zero-order valence-corrected chi connectivity index (χ0v) is 5.17. The lowest BCUT2D eigenvalue weighted by atomic mass is 10.2. The first-order valence-electron chi connectivity index (χ1n) is 3.21. The van der Waals surface area contributed by atoms with Crippen molar-refractivity contribution in [2.45, 2.75) is 6.42 Å². The molecule has 2 aliphatic carbocycles. The lowest BCUT2D eigenvalue weighted by Crippen LogP contribution is -1.77. The van der Waals surface area contributed by atoms with Crippen LogP contribution in [0.1, 0.15) is 11.1 Å². The lowest BCUT2D eigenvalue weighted by Gasteiger charge is -1.89. The van der Waals surface area contributed by atoms with Crippen LogP contribution in [0, 0.1) is 12.8 Å². The van der Waals surface area contributed by atoms with Crippen molar-refractivity contribution in [1.29, 1.82) is 0 Å². The summed E-state index contributed by atoms with van der Waals surface area (Å²) in [5.41, 5.74) is 2.73. The minimum Gasteiger partial charge on any atom is -0.0587 e. The van der Waals surface area contributed by atoms with Crippen molar-refractivity contribution in [3.63, 3.8) is 0 Å². The highest BCUT2D eigenvalue weighted by Gasteiger charge is 2.01. The molecular weight excluding hydrogens is 108 g/mol. The minimum atomic E-state index is 1.09. The molecule has 0 aliphatic heterocycles. The van der Waals surface area contributed by atoms with Gasteiger partial charge in [0, 0.05) is 0 Å². The van der Waals surface area contributed by atoms with E-state index in [1.807, 2.05) is 0 Å². The molecule has 0 amide bonds. The summed E-state index contributed by atoms with van der Waals surface area (Å²) in [6.07, 6.45) is 5.45.